The van der Waals surface area contributed by atoms with Gasteiger partial charge < -0.3 is 0 Å². The van der Waals surface area contributed by atoms with Gasteiger partial charge in [0.05, 0.1) is 5.69 Å². The summed E-state index contributed by atoms with van der Waals surface area (Å²) in [7, 11) is 0. The molecule has 0 atom stereocenters. The molecule has 0 bridgehead atoms. The predicted molar refractivity (Wildman–Crippen MR) is 82.3 cm³/mol. The lowest BCUT2D eigenvalue weighted by atomic mass is 10.1. The maximum absolute atomic E-state index is 13.1. The summed E-state index contributed by atoms with van der Waals surface area (Å²) in [5, 5.41) is 0.484. The molecule has 3 rings (SSSR count). The molecule has 118 valence electrons. The Morgan fingerprint density at radius 3 is 2.35 bits per heavy atom. The van der Waals surface area contributed by atoms with Crippen LogP contribution < -0.4 is 0 Å². The zero-order valence-corrected chi connectivity index (χ0v) is 13.6. The molecule has 9 heteroatoms. The zero-order chi connectivity index (χ0) is 16.6. The van der Waals surface area contributed by atoms with Crippen molar-refractivity contribution in [3.05, 3.63) is 58.2 Å². The van der Waals surface area contributed by atoms with Gasteiger partial charge in [0.15, 0.2) is 5.69 Å². The highest BCUT2D eigenvalue weighted by atomic mass is 79.9. The van der Waals surface area contributed by atoms with Crippen LogP contribution in [0.5, 0.6) is 0 Å². The van der Waals surface area contributed by atoms with Gasteiger partial charge in [-0.05, 0) is 34.1 Å². The average Bonchev–Trinajstić information content (AvgIpc) is 2.93. The van der Waals surface area contributed by atoms with Crippen LogP contribution in [0, 0.1) is 0 Å². The van der Waals surface area contributed by atoms with Crippen molar-refractivity contribution in [2.75, 3.05) is 0 Å². The summed E-state index contributed by atoms with van der Waals surface area (Å²) in [5.41, 5.74) is -0.385. The second-order valence-electron chi connectivity index (χ2n) is 4.55. The van der Waals surface area contributed by atoms with Crippen LogP contribution in [-0.2, 0) is 6.18 Å². The first-order valence-electron chi connectivity index (χ1n) is 6.25. The molecule has 0 aliphatic heterocycles. The maximum atomic E-state index is 13.1. The van der Waals surface area contributed by atoms with Crippen molar-refractivity contribution in [2.45, 2.75) is 6.18 Å². The number of rotatable bonds is 2. The lowest BCUT2D eigenvalue weighted by molar-refractivity contribution is -0.141. The van der Waals surface area contributed by atoms with Crippen molar-refractivity contribution in [3.63, 3.8) is 0 Å². The molecular formula is C14H7BrClF3N4. The first-order chi connectivity index (χ1) is 10.8. The normalized spacial score (nSPS) is 11.7. The molecule has 0 radical (unpaired) electrons. The van der Waals surface area contributed by atoms with E-state index >= 15 is 0 Å². The minimum Gasteiger partial charge on any atom is -0.273 e. The van der Waals surface area contributed by atoms with E-state index in [1.54, 1.807) is 24.3 Å². The van der Waals surface area contributed by atoms with Crippen molar-refractivity contribution < 1.29 is 13.2 Å². The Morgan fingerprint density at radius 2 is 1.78 bits per heavy atom. The zero-order valence-electron chi connectivity index (χ0n) is 11.2. The number of hydrogen-bond donors (Lipinski definition) is 0. The number of alkyl halides is 3. The van der Waals surface area contributed by atoms with E-state index in [9.17, 15) is 13.2 Å². The van der Waals surface area contributed by atoms with Crippen molar-refractivity contribution in [2.24, 2.45) is 0 Å². The minimum atomic E-state index is -4.59. The van der Waals surface area contributed by atoms with E-state index in [0.717, 1.165) is 6.07 Å². The van der Waals surface area contributed by atoms with Crippen LogP contribution in [0.25, 0.3) is 17.2 Å². The molecule has 3 aromatic rings. The molecule has 2 heterocycles. The molecule has 0 saturated heterocycles. The van der Waals surface area contributed by atoms with Gasteiger partial charge in [-0.1, -0.05) is 23.7 Å². The molecule has 0 fully saturated rings. The second-order valence-corrected chi connectivity index (χ2v) is 5.80. The average molecular weight is 404 g/mol. The molecule has 2 aromatic heterocycles. The van der Waals surface area contributed by atoms with Gasteiger partial charge in [-0.15, -0.1) is 0 Å². The van der Waals surface area contributed by atoms with Gasteiger partial charge >= 0.3 is 6.18 Å². The fourth-order valence-corrected chi connectivity index (χ4v) is 2.31. The summed E-state index contributed by atoms with van der Waals surface area (Å²) < 4.78 is 41.1. The molecule has 0 spiro atoms. The largest absolute Gasteiger partial charge is 0.433 e. The second kappa shape index (κ2) is 5.93. The van der Waals surface area contributed by atoms with Gasteiger partial charge in [-0.3, -0.25) is 4.57 Å². The van der Waals surface area contributed by atoms with Crippen molar-refractivity contribution in [3.8, 4) is 17.2 Å². The van der Waals surface area contributed by atoms with Crippen LogP contribution >= 0.6 is 27.5 Å². The first kappa shape index (κ1) is 15.9. The Morgan fingerprint density at radius 1 is 1.09 bits per heavy atom. The van der Waals surface area contributed by atoms with E-state index in [1.807, 2.05) is 0 Å². The molecule has 0 aliphatic carbocycles. The molecule has 0 aliphatic rings. The Bertz CT molecular complexity index is 846. The number of hydrogen-bond acceptors (Lipinski definition) is 3. The van der Waals surface area contributed by atoms with Crippen LogP contribution in [-0.4, -0.2) is 19.5 Å². The topological polar surface area (TPSA) is 43.6 Å². The Kier molecular flexibility index (Phi) is 4.11. The quantitative estimate of drug-likeness (QED) is 0.619. The van der Waals surface area contributed by atoms with Gasteiger partial charge in [0.1, 0.15) is 10.9 Å². The summed E-state index contributed by atoms with van der Waals surface area (Å²) in [6.45, 7) is 0. The summed E-state index contributed by atoms with van der Waals surface area (Å²) in [6, 6.07) is 7.26. The Hall–Kier alpha value is -1.93. The number of halogens is 5. The van der Waals surface area contributed by atoms with Crippen LogP contribution in [0.3, 0.4) is 0 Å². The molecule has 23 heavy (non-hydrogen) atoms. The highest BCUT2D eigenvalue weighted by molar-refractivity contribution is 9.10. The van der Waals surface area contributed by atoms with Crippen molar-refractivity contribution >= 4 is 27.5 Å². The Labute approximate surface area is 142 Å². The van der Waals surface area contributed by atoms with Gasteiger partial charge in [0.2, 0.25) is 5.95 Å². The van der Waals surface area contributed by atoms with E-state index < -0.39 is 11.9 Å². The van der Waals surface area contributed by atoms with Crippen LogP contribution in [0.1, 0.15) is 5.69 Å². The smallest absolute Gasteiger partial charge is 0.273 e. The van der Waals surface area contributed by atoms with E-state index in [4.69, 9.17) is 11.6 Å². The van der Waals surface area contributed by atoms with Crippen LogP contribution in [0.4, 0.5) is 13.2 Å². The van der Waals surface area contributed by atoms with E-state index in [2.05, 4.69) is 30.9 Å². The monoisotopic (exact) mass is 402 g/mol. The minimum absolute atomic E-state index is 0.122. The summed E-state index contributed by atoms with van der Waals surface area (Å²) in [6.07, 6.45) is -1.79. The molecule has 1 aromatic carbocycles. The maximum Gasteiger partial charge on any atom is 0.433 e. The number of aromatic nitrogens is 4. The SMILES string of the molecule is FC(F)(F)c1cc(-c2ccc(Cl)cc2)nc(-n2cnc(Br)c2)n1. The third-order valence-corrected chi connectivity index (χ3v) is 3.59. The standard InChI is InChI=1S/C14H7BrClF3N4/c15-12-6-23(7-20-12)13-21-10(5-11(22-13)14(17,18)19)8-1-3-9(16)4-2-8/h1-7H. The molecule has 0 unspecified atom stereocenters. The predicted octanol–water partition coefficient (Wildman–Crippen LogP) is 4.76. The molecular weight excluding hydrogens is 397 g/mol. The molecule has 0 saturated carbocycles. The first-order valence-corrected chi connectivity index (χ1v) is 7.42. The fourth-order valence-electron chi connectivity index (χ4n) is 1.87. The lowest BCUT2D eigenvalue weighted by Gasteiger charge is -2.11. The summed E-state index contributed by atoms with van der Waals surface area (Å²) >= 11 is 8.94. The number of nitrogens with zero attached hydrogens (tertiary/aromatic N) is 4. The highest BCUT2D eigenvalue weighted by Gasteiger charge is 2.34. The number of imidazole rings is 1. The Balaban J connectivity index is 2.17. The van der Waals surface area contributed by atoms with Crippen molar-refractivity contribution in [1.82, 2.24) is 19.5 Å². The van der Waals surface area contributed by atoms with Gasteiger partial charge in [0.25, 0.3) is 0 Å². The fraction of sp³-hybridized carbons (Fsp3) is 0.0714. The van der Waals surface area contributed by atoms with Crippen LogP contribution in [0.2, 0.25) is 5.02 Å². The van der Waals surface area contributed by atoms with Crippen LogP contribution in [0.15, 0.2) is 47.5 Å². The van der Waals surface area contributed by atoms with Crippen molar-refractivity contribution in [1.29, 1.82) is 0 Å². The van der Waals surface area contributed by atoms with E-state index in [-0.39, 0.29) is 11.6 Å². The summed E-state index contributed by atoms with van der Waals surface area (Å²) in [4.78, 5) is 11.6. The van der Waals surface area contributed by atoms with Gasteiger partial charge in [-0.2, -0.15) is 13.2 Å². The van der Waals surface area contributed by atoms with E-state index in [1.165, 1.54) is 17.1 Å². The highest BCUT2D eigenvalue weighted by Crippen LogP contribution is 2.31. The lowest BCUT2D eigenvalue weighted by Crippen LogP contribution is -2.12. The van der Waals surface area contributed by atoms with Gasteiger partial charge in [-0.25, -0.2) is 15.0 Å². The summed E-state index contributed by atoms with van der Waals surface area (Å²) in [5.74, 6) is -0.122. The number of benzene rings is 1. The third kappa shape index (κ3) is 3.53. The molecule has 0 N–H and O–H groups in total. The molecule has 0 amide bonds. The van der Waals surface area contributed by atoms with Gasteiger partial charge in [0, 0.05) is 16.8 Å². The third-order valence-electron chi connectivity index (χ3n) is 2.93. The van der Waals surface area contributed by atoms with E-state index in [0.29, 0.717) is 15.2 Å². The molecule has 4 nitrogen and oxygen atoms in total.